The van der Waals surface area contributed by atoms with E-state index < -0.39 is 0 Å². The highest BCUT2D eigenvalue weighted by atomic mass is 32.1. The Morgan fingerprint density at radius 1 is 1.00 bits per heavy atom. The number of likely N-dealkylation sites (tertiary alicyclic amines) is 1. The summed E-state index contributed by atoms with van der Waals surface area (Å²) in [6.07, 6.45) is 1.85. The molecule has 1 atom stereocenters. The van der Waals surface area contributed by atoms with Crippen LogP contribution in [0.15, 0.2) is 48.5 Å². The lowest BCUT2D eigenvalue weighted by molar-refractivity contribution is 0.0706. The van der Waals surface area contributed by atoms with Crippen LogP contribution < -0.4 is 5.32 Å². The molecule has 1 aromatic heterocycles. The molecular formula is C23H24N4O2S. The number of nitrogens with one attached hydrogen (secondary N) is 1. The average Bonchev–Trinajstić information content (AvgIpc) is 3.26. The Balaban J connectivity index is 1.42. The first-order valence-electron chi connectivity index (χ1n) is 10.1. The molecule has 154 valence electrons. The molecule has 3 aromatic rings. The van der Waals surface area contributed by atoms with Crippen LogP contribution in [0.25, 0.3) is 0 Å². The number of amides is 2. The lowest BCUT2D eigenvalue weighted by atomic mass is 9.98. The van der Waals surface area contributed by atoms with Gasteiger partial charge in [0.2, 0.25) is 5.01 Å². The van der Waals surface area contributed by atoms with Crippen LogP contribution in [-0.2, 0) is 0 Å². The van der Waals surface area contributed by atoms with Crippen LogP contribution in [0.4, 0.5) is 5.69 Å². The highest BCUT2D eigenvalue weighted by Gasteiger charge is 2.28. The molecule has 7 heteroatoms. The zero-order valence-electron chi connectivity index (χ0n) is 17.1. The molecule has 2 heterocycles. The molecule has 1 fully saturated rings. The summed E-state index contributed by atoms with van der Waals surface area (Å²) in [5, 5.41) is 12.4. The molecule has 6 nitrogen and oxygen atoms in total. The lowest BCUT2D eigenvalue weighted by Gasteiger charge is -2.31. The fourth-order valence-electron chi connectivity index (χ4n) is 3.55. The van der Waals surface area contributed by atoms with E-state index in [1.165, 1.54) is 11.3 Å². The Kier molecular flexibility index (Phi) is 5.90. The van der Waals surface area contributed by atoms with Gasteiger partial charge in [0.05, 0.1) is 0 Å². The van der Waals surface area contributed by atoms with Gasteiger partial charge < -0.3 is 10.2 Å². The van der Waals surface area contributed by atoms with Crippen molar-refractivity contribution in [2.24, 2.45) is 0 Å². The summed E-state index contributed by atoms with van der Waals surface area (Å²) >= 11 is 1.31. The third-order valence-electron chi connectivity index (χ3n) is 5.30. The van der Waals surface area contributed by atoms with E-state index in [0.717, 1.165) is 41.2 Å². The van der Waals surface area contributed by atoms with Gasteiger partial charge >= 0.3 is 0 Å². The van der Waals surface area contributed by atoms with Gasteiger partial charge in [-0.05, 0) is 51.0 Å². The second-order valence-corrected chi connectivity index (χ2v) is 8.73. The fraction of sp³-hybridized carbons (Fsp3) is 0.304. The molecule has 2 amide bonds. The SMILES string of the molecule is Cc1ccc(NC(=O)c2nnc([C@H]3CCCN(C(=O)c4ccc(C)cc4)C3)s2)cc1. The van der Waals surface area contributed by atoms with E-state index in [1.54, 1.807) is 0 Å². The van der Waals surface area contributed by atoms with Crippen molar-refractivity contribution in [3.05, 3.63) is 75.2 Å². The largest absolute Gasteiger partial charge is 0.338 e. The number of anilines is 1. The van der Waals surface area contributed by atoms with Crippen LogP contribution in [0.3, 0.4) is 0 Å². The molecule has 4 rings (SSSR count). The van der Waals surface area contributed by atoms with Crippen LogP contribution >= 0.6 is 11.3 Å². The second-order valence-electron chi connectivity index (χ2n) is 7.72. The number of nitrogens with zero attached hydrogens (tertiary/aromatic N) is 3. The molecular weight excluding hydrogens is 396 g/mol. The normalized spacial score (nSPS) is 16.3. The van der Waals surface area contributed by atoms with E-state index in [9.17, 15) is 9.59 Å². The van der Waals surface area contributed by atoms with Gasteiger partial charge in [0, 0.05) is 30.3 Å². The monoisotopic (exact) mass is 420 g/mol. The second kappa shape index (κ2) is 8.75. The smallest absolute Gasteiger partial charge is 0.286 e. The number of benzene rings is 2. The number of rotatable bonds is 4. The maximum atomic E-state index is 12.9. The van der Waals surface area contributed by atoms with Crippen molar-refractivity contribution in [2.75, 3.05) is 18.4 Å². The summed E-state index contributed by atoms with van der Waals surface area (Å²) in [6.45, 7) is 5.34. The van der Waals surface area contributed by atoms with Gasteiger partial charge in [-0.3, -0.25) is 9.59 Å². The first-order valence-corrected chi connectivity index (χ1v) is 10.9. The molecule has 30 heavy (non-hydrogen) atoms. The number of hydrogen-bond donors (Lipinski definition) is 1. The Labute approximate surface area is 180 Å². The molecule has 2 aromatic carbocycles. The molecule has 0 spiro atoms. The van der Waals surface area contributed by atoms with Crippen molar-refractivity contribution in [1.82, 2.24) is 15.1 Å². The number of carbonyl (C=O) groups excluding carboxylic acids is 2. The number of aryl methyl sites for hydroxylation is 2. The molecule has 0 saturated carbocycles. The van der Waals surface area contributed by atoms with E-state index in [0.29, 0.717) is 17.1 Å². The molecule has 1 saturated heterocycles. The van der Waals surface area contributed by atoms with E-state index in [2.05, 4.69) is 15.5 Å². The van der Waals surface area contributed by atoms with Gasteiger partial charge in [-0.15, -0.1) is 10.2 Å². The first-order chi connectivity index (χ1) is 14.5. The summed E-state index contributed by atoms with van der Waals surface area (Å²) in [5.74, 6) is -0.112. The van der Waals surface area contributed by atoms with Crippen molar-refractivity contribution < 1.29 is 9.59 Å². The van der Waals surface area contributed by atoms with Crippen LogP contribution in [0, 0.1) is 13.8 Å². The number of carbonyl (C=O) groups is 2. The molecule has 1 N–H and O–H groups in total. The summed E-state index contributed by atoms with van der Waals surface area (Å²) in [4.78, 5) is 27.3. The number of aromatic nitrogens is 2. The van der Waals surface area contributed by atoms with Crippen molar-refractivity contribution in [1.29, 1.82) is 0 Å². The van der Waals surface area contributed by atoms with Crippen LogP contribution in [0.2, 0.25) is 0 Å². The van der Waals surface area contributed by atoms with Crippen molar-refractivity contribution >= 4 is 28.8 Å². The van der Waals surface area contributed by atoms with E-state index >= 15 is 0 Å². The van der Waals surface area contributed by atoms with Gasteiger partial charge in [-0.2, -0.15) is 0 Å². The first kappa shape index (κ1) is 20.2. The molecule has 0 bridgehead atoms. The third-order valence-corrected chi connectivity index (χ3v) is 6.39. The minimum Gasteiger partial charge on any atom is -0.338 e. The molecule has 1 aliphatic heterocycles. The maximum absolute atomic E-state index is 12.9. The highest BCUT2D eigenvalue weighted by molar-refractivity contribution is 7.13. The van der Waals surface area contributed by atoms with Crippen LogP contribution in [0.1, 0.15) is 55.1 Å². The maximum Gasteiger partial charge on any atom is 0.286 e. The number of hydrogen-bond acceptors (Lipinski definition) is 5. The van der Waals surface area contributed by atoms with Crippen LogP contribution in [0.5, 0.6) is 0 Å². The Morgan fingerprint density at radius 2 is 1.67 bits per heavy atom. The quantitative estimate of drug-likeness (QED) is 0.678. The van der Waals surface area contributed by atoms with E-state index in [4.69, 9.17) is 0 Å². The topological polar surface area (TPSA) is 75.2 Å². The number of piperidine rings is 1. The van der Waals surface area contributed by atoms with Gasteiger partial charge in [-0.1, -0.05) is 46.7 Å². The fourth-order valence-corrected chi connectivity index (χ4v) is 4.42. The van der Waals surface area contributed by atoms with E-state index in [-0.39, 0.29) is 17.7 Å². The standard InChI is InChI=1S/C23H24N4O2S/c1-15-5-9-17(10-6-15)23(29)27-13-3-4-18(14-27)21-25-26-22(30-21)20(28)24-19-11-7-16(2)8-12-19/h5-12,18H,3-4,13-14H2,1-2H3,(H,24,28)/t18-/m0/s1. The lowest BCUT2D eigenvalue weighted by Crippen LogP contribution is -2.39. The zero-order valence-corrected chi connectivity index (χ0v) is 17.9. The Hall–Kier alpha value is -3.06. The Bertz CT molecular complexity index is 1040. The molecule has 1 aliphatic rings. The van der Waals surface area contributed by atoms with Crippen molar-refractivity contribution in [3.63, 3.8) is 0 Å². The van der Waals surface area contributed by atoms with Gasteiger partial charge in [0.15, 0.2) is 0 Å². The van der Waals surface area contributed by atoms with Crippen LogP contribution in [-0.4, -0.2) is 40.0 Å². The minimum absolute atomic E-state index is 0.0431. The predicted octanol–water partition coefficient (Wildman–Crippen LogP) is 4.43. The summed E-state index contributed by atoms with van der Waals surface area (Å²) in [7, 11) is 0. The third kappa shape index (κ3) is 4.57. The van der Waals surface area contributed by atoms with Gasteiger partial charge in [0.25, 0.3) is 11.8 Å². The molecule has 0 unspecified atom stereocenters. The summed E-state index contributed by atoms with van der Waals surface area (Å²) < 4.78 is 0. The zero-order chi connectivity index (χ0) is 21.1. The van der Waals surface area contributed by atoms with Gasteiger partial charge in [-0.25, -0.2) is 0 Å². The molecule has 0 radical (unpaired) electrons. The Morgan fingerprint density at radius 3 is 2.37 bits per heavy atom. The minimum atomic E-state index is -0.258. The predicted molar refractivity (Wildman–Crippen MR) is 118 cm³/mol. The van der Waals surface area contributed by atoms with E-state index in [1.807, 2.05) is 67.3 Å². The average molecular weight is 421 g/mol. The summed E-state index contributed by atoms with van der Waals surface area (Å²) in [6, 6.07) is 15.3. The molecule has 0 aliphatic carbocycles. The highest BCUT2D eigenvalue weighted by Crippen LogP contribution is 2.30. The van der Waals surface area contributed by atoms with Crippen molar-refractivity contribution in [3.8, 4) is 0 Å². The van der Waals surface area contributed by atoms with Gasteiger partial charge in [0.1, 0.15) is 5.01 Å². The summed E-state index contributed by atoms with van der Waals surface area (Å²) in [5.41, 5.74) is 3.70. The van der Waals surface area contributed by atoms with Crippen molar-refractivity contribution in [2.45, 2.75) is 32.6 Å².